The van der Waals surface area contributed by atoms with Gasteiger partial charge in [-0.15, -0.1) is 0 Å². The minimum Gasteiger partial charge on any atom is -0.236 e. The minimum absolute atomic E-state index is 0.289. The maximum atomic E-state index is 15.1. The molecule has 0 radical (unpaired) electrons. The van der Waals surface area contributed by atoms with Crippen LogP contribution in [0.25, 0.3) is 5.57 Å². The molecule has 27 heavy (non-hydrogen) atoms. The molecule has 1 unspecified atom stereocenters. The van der Waals surface area contributed by atoms with Gasteiger partial charge in [0.1, 0.15) is 17.5 Å². The number of nitrogens with zero attached hydrogens (tertiary/aromatic N) is 2. The van der Waals surface area contributed by atoms with E-state index < -0.39 is 35.1 Å². The molecule has 142 valence electrons. The molecule has 1 aromatic carbocycles. The third kappa shape index (κ3) is 4.26. The predicted octanol–water partition coefficient (Wildman–Crippen LogP) is 5.99. The smallest absolute Gasteiger partial charge is 0.190 e. The fourth-order valence-electron chi connectivity index (χ4n) is 3.06. The SMILES string of the molecule is CCCCCc1cnc(C2=CCC(F)(c3cc(F)cc(F)c3)C(F)=C2)nc1. The van der Waals surface area contributed by atoms with E-state index in [1.54, 1.807) is 12.4 Å². The molecule has 0 aliphatic heterocycles. The molecular weight excluding hydrogens is 356 g/mol. The van der Waals surface area contributed by atoms with Gasteiger partial charge in [0.15, 0.2) is 11.5 Å². The molecule has 0 saturated carbocycles. The van der Waals surface area contributed by atoms with E-state index in [9.17, 15) is 13.2 Å². The Kier molecular flexibility index (Phi) is 5.73. The van der Waals surface area contributed by atoms with Crippen LogP contribution in [-0.4, -0.2) is 9.97 Å². The standard InChI is InChI=1S/C21H20F4N2/c1-2-3-4-5-14-12-26-20(27-13-14)15-6-7-21(25,19(24)8-15)16-9-17(22)11-18(23)10-16/h6,8-13H,2-5,7H2,1H3. The highest BCUT2D eigenvalue weighted by Crippen LogP contribution is 2.43. The number of halogens is 4. The summed E-state index contributed by atoms with van der Waals surface area (Å²) in [6, 6.07) is 2.22. The van der Waals surface area contributed by atoms with E-state index in [0.717, 1.165) is 49.5 Å². The molecule has 2 aromatic rings. The van der Waals surface area contributed by atoms with Gasteiger partial charge in [0.25, 0.3) is 0 Å². The molecule has 0 spiro atoms. The zero-order valence-corrected chi connectivity index (χ0v) is 15.0. The van der Waals surface area contributed by atoms with Crippen LogP contribution in [-0.2, 0) is 12.1 Å². The molecular formula is C21H20F4N2. The predicted molar refractivity (Wildman–Crippen MR) is 96.2 cm³/mol. The van der Waals surface area contributed by atoms with Crippen LogP contribution in [0.1, 0.15) is 49.6 Å². The third-order valence-corrected chi connectivity index (χ3v) is 4.62. The maximum absolute atomic E-state index is 15.1. The molecule has 1 atom stereocenters. The van der Waals surface area contributed by atoms with Crippen LogP contribution in [0.3, 0.4) is 0 Å². The third-order valence-electron chi connectivity index (χ3n) is 4.62. The molecule has 1 aliphatic carbocycles. The van der Waals surface area contributed by atoms with Gasteiger partial charge in [0, 0.05) is 36.0 Å². The second-order valence-electron chi connectivity index (χ2n) is 6.69. The lowest BCUT2D eigenvalue weighted by molar-refractivity contribution is 0.176. The summed E-state index contributed by atoms with van der Waals surface area (Å²) in [7, 11) is 0. The maximum Gasteiger partial charge on any atom is 0.190 e. The highest BCUT2D eigenvalue weighted by Gasteiger charge is 2.39. The summed E-state index contributed by atoms with van der Waals surface area (Å²) >= 11 is 0. The Morgan fingerprint density at radius 1 is 1.00 bits per heavy atom. The largest absolute Gasteiger partial charge is 0.236 e. The zero-order chi connectivity index (χ0) is 19.4. The Morgan fingerprint density at radius 2 is 1.67 bits per heavy atom. The van der Waals surface area contributed by atoms with Crippen LogP contribution in [0.2, 0.25) is 0 Å². The molecule has 1 aromatic heterocycles. The van der Waals surface area contributed by atoms with Crippen molar-refractivity contribution in [3.05, 3.63) is 77.2 Å². The summed E-state index contributed by atoms with van der Waals surface area (Å²) in [6.45, 7) is 2.12. The summed E-state index contributed by atoms with van der Waals surface area (Å²) in [5.41, 5.74) is -1.66. The average molecular weight is 376 g/mol. The number of aryl methyl sites for hydroxylation is 1. The molecule has 3 rings (SSSR count). The normalized spacial score (nSPS) is 19.6. The molecule has 0 bridgehead atoms. The van der Waals surface area contributed by atoms with Crippen LogP contribution >= 0.6 is 0 Å². The van der Waals surface area contributed by atoms with Crippen LogP contribution in [0.5, 0.6) is 0 Å². The number of hydrogen-bond donors (Lipinski definition) is 0. The van der Waals surface area contributed by atoms with Crippen LogP contribution < -0.4 is 0 Å². The summed E-state index contributed by atoms with van der Waals surface area (Å²) in [4.78, 5) is 8.46. The van der Waals surface area contributed by atoms with Crippen molar-refractivity contribution in [1.82, 2.24) is 9.97 Å². The topological polar surface area (TPSA) is 25.8 Å². The average Bonchev–Trinajstić information content (AvgIpc) is 2.64. The van der Waals surface area contributed by atoms with Gasteiger partial charge in [-0.2, -0.15) is 0 Å². The van der Waals surface area contributed by atoms with Crippen molar-refractivity contribution >= 4 is 5.57 Å². The fourth-order valence-corrected chi connectivity index (χ4v) is 3.06. The summed E-state index contributed by atoms with van der Waals surface area (Å²) in [6.07, 6.45) is 9.57. The quantitative estimate of drug-likeness (QED) is 0.457. The van der Waals surface area contributed by atoms with Crippen molar-refractivity contribution in [2.24, 2.45) is 0 Å². The van der Waals surface area contributed by atoms with Crippen LogP contribution in [0, 0.1) is 11.6 Å². The first-order chi connectivity index (χ1) is 12.9. The molecule has 6 heteroatoms. The van der Waals surface area contributed by atoms with Crippen molar-refractivity contribution in [3.63, 3.8) is 0 Å². The van der Waals surface area contributed by atoms with Crippen molar-refractivity contribution in [3.8, 4) is 0 Å². The Balaban J connectivity index is 1.79. The Labute approximate surface area is 155 Å². The van der Waals surface area contributed by atoms with Crippen molar-refractivity contribution in [2.75, 3.05) is 0 Å². The van der Waals surface area contributed by atoms with Gasteiger partial charge in [0.05, 0.1) is 0 Å². The molecule has 0 N–H and O–H groups in total. The summed E-state index contributed by atoms with van der Waals surface area (Å²) < 4.78 is 56.4. The number of allylic oxidation sites excluding steroid dienone is 4. The van der Waals surface area contributed by atoms with E-state index in [0.29, 0.717) is 11.6 Å². The minimum atomic E-state index is -2.60. The number of rotatable bonds is 6. The zero-order valence-electron chi connectivity index (χ0n) is 15.0. The highest BCUT2D eigenvalue weighted by atomic mass is 19.2. The first-order valence-electron chi connectivity index (χ1n) is 8.97. The van der Waals surface area contributed by atoms with E-state index in [1.165, 1.54) is 6.08 Å². The molecule has 0 fully saturated rings. The number of aromatic nitrogens is 2. The van der Waals surface area contributed by atoms with E-state index in [1.807, 2.05) is 0 Å². The van der Waals surface area contributed by atoms with E-state index in [4.69, 9.17) is 0 Å². The van der Waals surface area contributed by atoms with Gasteiger partial charge in [0.2, 0.25) is 0 Å². The summed E-state index contributed by atoms with van der Waals surface area (Å²) in [5, 5.41) is 0. The first kappa shape index (κ1) is 19.3. The van der Waals surface area contributed by atoms with Gasteiger partial charge >= 0.3 is 0 Å². The Hall–Kier alpha value is -2.50. The molecule has 0 saturated heterocycles. The first-order valence-corrected chi connectivity index (χ1v) is 8.97. The Bertz CT molecular complexity index is 854. The van der Waals surface area contributed by atoms with E-state index in [-0.39, 0.29) is 5.82 Å². The number of alkyl halides is 1. The van der Waals surface area contributed by atoms with Gasteiger partial charge in [-0.25, -0.2) is 27.5 Å². The molecule has 0 amide bonds. The lowest BCUT2D eigenvalue weighted by Gasteiger charge is -2.26. The lowest BCUT2D eigenvalue weighted by Crippen LogP contribution is -2.23. The highest BCUT2D eigenvalue weighted by molar-refractivity contribution is 5.72. The summed E-state index contributed by atoms with van der Waals surface area (Å²) in [5.74, 6) is -2.74. The molecule has 2 nitrogen and oxygen atoms in total. The van der Waals surface area contributed by atoms with Gasteiger partial charge < -0.3 is 0 Å². The van der Waals surface area contributed by atoms with E-state index in [2.05, 4.69) is 16.9 Å². The van der Waals surface area contributed by atoms with Crippen molar-refractivity contribution in [1.29, 1.82) is 0 Å². The molecule has 1 heterocycles. The van der Waals surface area contributed by atoms with Gasteiger partial charge in [-0.1, -0.05) is 25.8 Å². The fraction of sp³-hybridized carbons (Fsp3) is 0.333. The Morgan fingerprint density at radius 3 is 2.26 bits per heavy atom. The second kappa shape index (κ2) is 8.03. The van der Waals surface area contributed by atoms with Crippen LogP contribution in [0.15, 0.2) is 48.6 Å². The van der Waals surface area contributed by atoms with Crippen molar-refractivity contribution in [2.45, 2.75) is 44.7 Å². The number of hydrogen-bond acceptors (Lipinski definition) is 2. The van der Waals surface area contributed by atoms with Crippen molar-refractivity contribution < 1.29 is 17.6 Å². The number of benzene rings is 1. The van der Waals surface area contributed by atoms with Gasteiger partial charge in [-0.05, 0) is 36.6 Å². The van der Waals surface area contributed by atoms with E-state index >= 15 is 4.39 Å². The van der Waals surface area contributed by atoms with Gasteiger partial charge in [-0.3, -0.25) is 0 Å². The molecule has 1 aliphatic rings. The van der Waals surface area contributed by atoms with Crippen LogP contribution in [0.4, 0.5) is 17.6 Å². The lowest BCUT2D eigenvalue weighted by atomic mass is 9.85. The monoisotopic (exact) mass is 376 g/mol. The number of unbranched alkanes of at least 4 members (excludes halogenated alkanes) is 2. The second-order valence-corrected chi connectivity index (χ2v) is 6.69.